The topological polar surface area (TPSA) is 44.7 Å². The van der Waals surface area contributed by atoms with E-state index in [1.165, 1.54) is 4.90 Å². The van der Waals surface area contributed by atoms with E-state index in [4.69, 9.17) is 0 Å². The molecule has 0 aromatic carbocycles. The van der Waals surface area contributed by atoms with Gasteiger partial charge in [0.05, 0.1) is 0 Å². The Balaban J connectivity index is 1.80. The van der Waals surface area contributed by atoms with Gasteiger partial charge in [0, 0.05) is 31.3 Å². The molecule has 1 aliphatic heterocycles. The number of carbonyl (C=O) groups is 1. The maximum absolute atomic E-state index is 12.9. The number of carbonyl (C=O) groups excluding carboxylic acids is 1. The predicted molar refractivity (Wildman–Crippen MR) is 60.1 cm³/mol. The molecule has 0 aromatic heterocycles. The van der Waals surface area contributed by atoms with Gasteiger partial charge in [0.1, 0.15) is 6.67 Å². The molecular formula is C11H15F2N3O. The Kier molecular flexibility index (Phi) is 3.40. The van der Waals surface area contributed by atoms with Crippen LogP contribution in [0.15, 0.2) is 17.3 Å². The molecule has 0 spiro atoms. The average Bonchev–Trinajstić information content (AvgIpc) is 2.33. The van der Waals surface area contributed by atoms with Crippen LogP contribution >= 0.6 is 0 Å². The number of nitrogens with one attached hydrogen (secondary N) is 1. The SMILES string of the molecule is O=C(NC1CCC(F)(F)CC1)N1C=CC=NC1. The molecule has 1 aliphatic carbocycles. The Morgan fingerprint density at radius 3 is 2.71 bits per heavy atom. The third-order valence-electron chi connectivity index (χ3n) is 3.00. The zero-order valence-electron chi connectivity index (χ0n) is 9.40. The van der Waals surface area contributed by atoms with E-state index < -0.39 is 5.92 Å². The molecule has 0 bridgehead atoms. The summed E-state index contributed by atoms with van der Waals surface area (Å²) >= 11 is 0. The van der Waals surface area contributed by atoms with E-state index in [9.17, 15) is 13.6 Å². The molecule has 0 unspecified atom stereocenters. The molecule has 4 nitrogen and oxygen atoms in total. The summed E-state index contributed by atoms with van der Waals surface area (Å²) in [7, 11) is 0. The van der Waals surface area contributed by atoms with Crippen LogP contribution in [0.1, 0.15) is 25.7 Å². The van der Waals surface area contributed by atoms with Crippen LogP contribution in [-0.4, -0.2) is 35.8 Å². The fraction of sp³-hybridized carbons (Fsp3) is 0.636. The van der Waals surface area contributed by atoms with Crippen molar-refractivity contribution in [1.29, 1.82) is 0 Å². The average molecular weight is 243 g/mol. The first-order chi connectivity index (χ1) is 8.07. The first-order valence-electron chi connectivity index (χ1n) is 5.68. The third-order valence-corrected chi connectivity index (χ3v) is 3.00. The van der Waals surface area contributed by atoms with Crippen molar-refractivity contribution in [2.24, 2.45) is 4.99 Å². The number of allylic oxidation sites excluding steroid dienone is 1. The molecular weight excluding hydrogens is 228 g/mol. The van der Waals surface area contributed by atoms with E-state index >= 15 is 0 Å². The van der Waals surface area contributed by atoms with Crippen LogP contribution in [0.5, 0.6) is 0 Å². The molecule has 1 saturated carbocycles. The first-order valence-corrected chi connectivity index (χ1v) is 5.68. The summed E-state index contributed by atoms with van der Waals surface area (Å²) in [5.41, 5.74) is 0. The second-order valence-corrected chi connectivity index (χ2v) is 4.36. The highest BCUT2D eigenvalue weighted by Gasteiger charge is 2.35. The lowest BCUT2D eigenvalue weighted by Gasteiger charge is -2.30. The number of hydrogen-bond donors (Lipinski definition) is 1. The van der Waals surface area contributed by atoms with Gasteiger partial charge in [-0.05, 0) is 18.9 Å². The van der Waals surface area contributed by atoms with Gasteiger partial charge < -0.3 is 5.32 Å². The minimum absolute atomic E-state index is 0.147. The highest BCUT2D eigenvalue weighted by atomic mass is 19.3. The number of hydrogen-bond acceptors (Lipinski definition) is 2. The number of alkyl halides is 2. The van der Waals surface area contributed by atoms with Crippen molar-refractivity contribution >= 4 is 12.2 Å². The Labute approximate surface area is 98.4 Å². The van der Waals surface area contributed by atoms with Gasteiger partial charge in [-0.1, -0.05) is 0 Å². The second kappa shape index (κ2) is 4.81. The molecule has 1 heterocycles. The number of amides is 2. The molecule has 0 saturated heterocycles. The minimum Gasteiger partial charge on any atom is -0.335 e. The maximum Gasteiger partial charge on any atom is 0.323 e. The fourth-order valence-corrected chi connectivity index (χ4v) is 1.96. The molecule has 0 radical (unpaired) electrons. The van der Waals surface area contributed by atoms with Crippen LogP contribution in [0, 0.1) is 0 Å². The van der Waals surface area contributed by atoms with Crippen LogP contribution in [0.3, 0.4) is 0 Å². The Morgan fingerprint density at radius 2 is 2.12 bits per heavy atom. The summed E-state index contributed by atoms with van der Waals surface area (Å²) in [5.74, 6) is -2.56. The van der Waals surface area contributed by atoms with Crippen molar-refractivity contribution in [2.45, 2.75) is 37.6 Å². The van der Waals surface area contributed by atoms with E-state index in [0.717, 1.165) is 0 Å². The van der Waals surface area contributed by atoms with Gasteiger partial charge in [0.15, 0.2) is 0 Å². The third kappa shape index (κ3) is 3.25. The Hall–Kier alpha value is -1.46. The smallest absolute Gasteiger partial charge is 0.323 e. The highest BCUT2D eigenvalue weighted by Crippen LogP contribution is 2.32. The zero-order chi connectivity index (χ0) is 12.3. The highest BCUT2D eigenvalue weighted by molar-refractivity contribution is 5.79. The monoisotopic (exact) mass is 243 g/mol. The summed E-state index contributed by atoms with van der Waals surface area (Å²) in [5, 5.41) is 2.75. The summed E-state index contributed by atoms with van der Waals surface area (Å²) < 4.78 is 25.8. The Morgan fingerprint density at radius 1 is 1.41 bits per heavy atom. The van der Waals surface area contributed by atoms with Gasteiger partial charge in [-0.15, -0.1) is 0 Å². The van der Waals surface area contributed by atoms with Crippen molar-refractivity contribution in [2.75, 3.05) is 6.67 Å². The van der Waals surface area contributed by atoms with Gasteiger partial charge >= 0.3 is 6.03 Å². The second-order valence-electron chi connectivity index (χ2n) is 4.36. The number of halogens is 2. The maximum atomic E-state index is 12.9. The summed E-state index contributed by atoms with van der Waals surface area (Å²) in [6.07, 6.45) is 5.28. The largest absolute Gasteiger partial charge is 0.335 e. The summed E-state index contributed by atoms with van der Waals surface area (Å²) in [6, 6.07) is -0.422. The standard InChI is InChI=1S/C11H15F2N3O/c12-11(13)4-2-9(3-5-11)15-10(17)16-7-1-6-14-8-16/h1,6-7,9H,2-5,8H2,(H,15,17). The van der Waals surface area contributed by atoms with E-state index in [1.807, 2.05) is 0 Å². The zero-order valence-corrected chi connectivity index (χ0v) is 9.40. The van der Waals surface area contributed by atoms with Crippen LogP contribution in [-0.2, 0) is 0 Å². The fourth-order valence-electron chi connectivity index (χ4n) is 1.96. The quantitative estimate of drug-likeness (QED) is 0.753. The minimum atomic E-state index is -2.56. The van der Waals surface area contributed by atoms with Gasteiger partial charge in [-0.25, -0.2) is 13.6 Å². The van der Waals surface area contributed by atoms with Crippen molar-refractivity contribution in [3.8, 4) is 0 Å². The number of urea groups is 1. The molecule has 2 amide bonds. The lowest BCUT2D eigenvalue weighted by Crippen LogP contribution is -2.45. The van der Waals surface area contributed by atoms with Crippen molar-refractivity contribution < 1.29 is 13.6 Å². The van der Waals surface area contributed by atoms with Crippen LogP contribution in [0.4, 0.5) is 13.6 Å². The van der Waals surface area contributed by atoms with Gasteiger partial charge in [0.2, 0.25) is 5.92 Å². The van der Waals surface area contributed by atoms with E-state index in [-0.39, 0.29) is 31.6 Å². The predicted octanol–water partition coefficient (Wildman–Crippen LogP) is 2.13. The summed E-state index contributed by atoms with van der Waals surface area (Å²) in [6.45, 7) is 0.283. The lowest BCUT2D eigenvalue weighted by molar-refractivity contribution is -0.0397. The molecule has 0 aromatic rings. The Bertz CT molecular complexity index is 345. The molecule has 2 rings (SSSR count). The molecule has 0 atom stereocenters. The molecule has 17 heavy (non-hydrogen) atoms. The van der Waals surface area contributed by atoms with E-state index in [2.05, 4.69) is 10.3 Å². The molecule has 1 N–H and O–H groups in total. The number of aliphatic imine (C=N–C) groups is 1. The number of nitrogens with zero attached hydrogens (tertiary/aromatic N) is 2. The van der Waals surface area contributed by atoms with Crippen molar-refractivity contribution in [3.63, 3.8) is 0 Å². The van der Waals surface area contributed by atoms with E-state index in [0.29, 0.717) is 12.8 Å². The lowest BCUT2D eigenvalue weighted by atomic mass is 9.92. The van der Waals surface area contributed by atoms with Gasteiger partial charge in [-0.3, -0.25) is 9.89 Å². The number of rotatable bonds is 1. The molecule has 2 aliphatic rings. The van der Waals surface area contributed by atoms with Crippen LogP contribution in [0.25, 0.3) is 0 Å². The van der Waals surface area contributed by atoms with Crippen LogP contribution in [0.2, 0.25) is 0 Å². The normalized spacial score (nSPS) is 23.8. The molecule has 6 heteroatoms. The summed E-state index contributed by atoms with van der Waals surface area (Å²) in [4.78, 5) is 17.1. The van der Waals surface area contributed by atoms with Gasteiger partial charge in [-0.2, -0.15) is 0 Å². The molecule has 1 fully saturated rings. The molecule has 94 valence electrons. The first kappa shape index (κ1) is 12.0. The van der Waals surface area contributed by atoms with Crippen molar-refractivity contribution in [3.05, 3.63) is 12.3 Å². The van der Waals surface area contributed by atoms with E-state index in [1.54, 1.807) is 18.5 Å². The van der Waals surface area contributed by atoms with Crippen molar-refractivity contribution in [1.82, 2.24) is 10.2 Å². The van der Waals surface area contributed by atoms with Crippen LogP contribution < -0.4 is 5.32 Å². The van der Waals surface area contributed by atoms with Gasteiger partial charge in [0.25, 0.3) is 0 Å².